The molecule has 466 valence electrons. The van der Waals surface area contributed by atoms with Gasteiger partial charge in [0.15, 0.2) is 6.10 Å². The van der Waals surface area contributed by atoms with E-state index >= 15 is 0 Å². The van der Waals surface area contributed by atoms with Crippen LogP contribution in [0.1, 0.15) is 406 Å². The van der Waals surface area contributed by atoms with Crippen LogP contribution >= 0.6 is 0 Å². The molecule has 0 rings (SSSR count). The molecule has 0 aliphatic carbocycles. The molecule has 0 aromatic rings. The molecular weight excluding hydrogens is 973 g/mol. The number of esters is 3. The van der Waals surface area contributed by atoms with Crippen molar-refractivity contribution in [3.8, 4) is 0 Å². The number of rotatable bonds is 67. The summed E-state index contributed by atoms with van der Waals surface area (Å²) in [4.78, 5) is 38.3. The third kappa shape index (κ3) is 66.6. The molecule has 0 heterocycles. The summed E-state index contributed by atoms with van der Waals surface area (Å²) in [6.07, 6.45) is 83.8. The van der Waals surface area contributed by atoms with E-state index in [2.05, 4.69) is 45.1 Å². The van der Waals surface area contributed by atoms with Gasteiger partial charge >= 0.3 is 17.9 Å². The fraction of sp³-hybridized carbons (Fsp3) is 0.904. The van der Waals surface area contributed by atoms with Crippen molar-refractivity contribution in [1.29, 1.82) is 0 Å². The van der Waals surface area contributed by atoms with Crippen LogP contribution in [0.2, 0.25) is 0 Å². The molecule has 1 atom stereocenters. The van der Waals surface area contributed by atoms with Crippen LogP contribution in [0.4, 0.5) is 0 Å². The standard InChI is InChI=1S/C73H138O6/c1-4-7-10-13-16-19-22-24-26-28-29-30-31-32-33-34-35-36-37-38-39-40-41-42-43-44-45-46-48-49-51-54-57-60-63-66-72(75)78-69-70(68-77-71(74)65-62-59-56-53-21-18-15-12-9-6-3)79-73(76)67-64-61-58-55-52-50-47-27-25-23-20-17-14-11-8-5-2/h22,24,28-29,70H,4-21,23,25-27,30-69H2,1-3H3/b24-22-,29-28-. The number of allylic oxidation sites excluding steroid dienone is 4. The van der Waals surface area contributed by atoms with Gasteiger partial charge in [0.25, 0.3) is 0 Å². The summed E-state index contributed by atoms with van der Waals surface area (Å²) >= 11 is 0. The van der Waals surface area contributed by atoms with Gasteiger partial charge in [-0.05, 0) is 51.4 Å². The van der Waals surface area contributed by atoms with E-state index in [1.54, 1.807) is 0 Å². The van der Waals surface area contributed by atoms with E-state index in [4.69, 9.17) is 14.2 Å². The van der Waals surface area contributed by atoms with Crippen molar-refractivity contribution in [2.24, 2.45) is 0 Å². The minimum absolute atomic E-state index is 0.0629. The molecule has 6 nitrogen and oxygen atoms in total. The second kappa shape index (κ2) is 68.4. The summed E-state index contributed by atoms with van der Waals surface area (Å²) in [6, 6.07) is 0. The average Bonchev–Trinajstić information content (AvgIpc) is 3.45. The number of hydrogen-bond acceptors (Lipinski definition) is 6. The topological polar surface area (TPSA) is 78.9 Å². The first kappa shape index (κ1) is 76.9. The van der Waals surface area contributed by atoms with Gasteiger partial charge in [-0.1, -0.05) is 360 Å². The quantitative estimate of drug-likeness (QED) is 0.0261. The molecule has 0 bridgehead atoms. The van der Waals surface area contributed by atoms with Gasteiger partial charge in [0.2, 0.25) is 0 Å². The van der Waals surface area contributed by atoms with Crippen molar-refractivity contribution >= 4 is 17.9 Å². The molecular formula is C73H138O6. The number of carbonyl (C=O) groups excluding carboxylic acids is 3. The van der Waals surface area contributed by atoms with E-state index in [0.29, 0.717) is 19.3 Å². The van der Waals surface area contributed by atoms with Gasteiger partial charge in [-0.2, -0.15) is 0 Å². The zero-order valence-electron chi connectivity index (χ0n) is 53.7. The van der Waals surface area contributed by atoms with Crippen LogP contribution in [0, 0.1) is 0 Å². The van der Waals surface area contributed by atoms with Gasteiger partial charge in [0.05, 0.1) is 0 Å². The molecule has 0 spiro atoms. The van der Waals surface area contributed by atoms with E-state index in [-0.39, 0.29) is 31.1 Å². The molecule has 0 aromatic heterocycles. The zero-order valence-corrected chi connectivity index (χ0v) is 53.7. The van der Waals surface area contributed by atoms with E-state index in [0.717, 1.165) is 64.2 Å². The summed E-state index contributed by atoms with van der Waals surface area (Å²) in [6.45, 7) is 6.69. The smallest absolute Gasteiger partial charge is 0.306 e. The molecule has 0 fully saturated rings. The van der Waals surface area contributed by atoms with E-state index in [9.17, 15) is 14.4 Å². The van der Waals surface area contributed by atoms with E-state index in [1.165, 1.54) is 302 Å². The number of carbonyl (C=O) groups is 3. The molecule has 0 aliphatic heterocycles. The maximum absolute atomic E-state index is 12.9. The van der Waals surface area contributed by atoms with Crippen LogP contribution in [0.15, 0.2) is 24.3 Å². The summed E-state index contributed by atoms with van der Waals surface area (Å²) in [5.74, 6) is -0.833. The van der Waals surface area contributed by atoms with Crippen LogP contribution in [0.5, 0.6) is 0 Å². The molecule has 0 saturated heterocycles. The second-order valence-corrected chi connectivity index (χ2v) is 24.5. The maximum Gasteiger partial charge on any atom is 0.306 e. The van der Waals surface area contributed by atoms with Crippen LogP contribution in [0.3, 0.4) is 0 Å². The number of ether oxygens (including phenoxy) is 3. The van der Waals surface area contributed by atoms with Crippen LogP contribution < -0.4 is 0 Å². The fourth-order valence-electron chi connectivity index (χ4n) is 11.1. The lowest BCUT2D eigenvalue weighted by atomic mass is 10.0. The van der Waals surface area contributed by atoms with Gasteiger partial charge in [-0.3, -0.25) is 14.4 Å². The van der Waals surface area contributed by atoms with Gasteiger partial charge in [-0.15, -0.1) is 0 Å². The predicted molar refractivity (Wildman–Crippen MR) is 344 cm³/mol. The Kier molecular flexibility index (Phi) is 66.6. The van der Waals surface area contributed by atoms with Crippen molar-refractivity contribution in [3.05, 3.63) is 24.3 Å². The first-order chi connectivity index (χ1) is 39.0. The second-order valence-electron chi connectivity index (χ2n) is 24.5. The van der Waals surface area contributed by atoms with Crippen molar-refractivity contribution in [2.45, 2.75) is 412 Å². The number of hydrogen-bond donors (Lipinski definition) is 0. The highest BCUT2D eigenvalue weighted by atomic mass is 16.6. The Labute approximate surface area is 493 Å². The van der Waals surface area contributed by atoms with Crippen LogP contribution in [-0.2, 0) is 28.6 Å². The summed E-state index contributed by atoms with van der Waals surface area (Å²) in [5.41, 5.74) is 0. The zero-order chi connectivity index (χ0) is 57.1. The average molecular weight is 1110 g/mol. The van der Waals surface area contributed by atoms with Crippen molar-refractivity contribution in [3.63, 3.8) is 0 Å². The minimum Gasteiger partial charge on any atom is -0.462 e. The highest BCUT2D eigenvalue weighted by Crippen LogP contribution is 2.19. The van der Waals surface area contributed by atoms with Gasteiger partial charge in [0, 0.05) is 19.3 Å². The number of unbranched alkanes of at least 4 members (excludes halogenated alkanes) is 52. The molecule has 0 saturated carbocycles. The van der Waals surface area contributed by atoms with Crippen LogP contribution in [0.25, 0.3) is 0 Å². The third-order valence-electron chi connectivity index (χ3n) is 16.5. The third-order valence-corrected chi connectivity index (χ3v) is 16.5. The lowest BCUT2D eigenvalue weighted by Gasteiger charge is -2.18. The summed E-state index contributed by atoms with van der Waals surface area (Å²) in [7, 11) is 0. The maximum atomic E-state index is 12.9. The van der Waals surface area contributed by atoms with Gasteiger partial charge in [-0.25, -0.2) is 0 Å². The predicted octanol–water partition coefficient (Wildman–Crippen LogP) is 24.6. The lowest BCUT2D eigenvalue weighted by molar-refractivity contribution is -0.167. The Balaban J connectivity index is 3.98. The van der Waals surface area contributed by atoms with Crippen molar-refractivity contribution in [1.82, 2.24) is 0 Å². The highest BCUT2D eigenvalue weighted by molar-refractivity contribution is 5.71. The Bertz CT molecular complexity index is 1270. The molecule has 79 heavy (non-hydrogen) atoms. The molecule has 0 aliphatic rings. The Morgan fingerprint density at radius 2 is 0.456 bits per heavy atom. The Hall–Kier alpha value is -2.11. The Morgan fingerprint density at radius 1 is 0.253 bits per heavy atom. The molecule has 0 amide bonds. The van der Waals surface area contributed by atoms with Crippen LogP contribution in [-0.4, -0.2) is 37.2 Å². The minimum atomic E-state index is -0.764. The SMILES string of the molecule is CCCCCCC/C=C\C/C=C\CCCCCCCCCCCCCCCCCCCCCCCCCC(=O)OCC(COC(=O)CCCCCCCCCCCC)OC(=O)CCCCCCCCCCCCCCCCCC. The molecule has 0 radical (unpaired) electrons. The molecule has 0 aromatic carbocycles. The van der Waals surface area contributed by atoms with E-state index in [1.807, 2.05) is 0 Å². The molecule has 6 heteroatoms. The van der Waals surface area contributed by atoms with Crippen molar-refractivity contribution in [2.75, 3.05) is 13.2 Å². The normalized spacial score (nSPS) is 12.1. The molecule has 1 unspecified atom stereocenters. The monoisotopic (exact) mass is 1110 g/mol. The highest BCUT2D eigenvalue weighted by Gasteiger charge is 2.19. The summed E-state index contributed by atoms with van der Waals surface area (Å²) < 4.78 is 16.9. The van der Waals surface area contributed by atoms with Gasteiger partial charge in [0.1, 0.15) is 13.2 Å². The van der Waals surface area contributed by atoms with Gasteiger partial charge < -0.3 is 14.2 Å². The Morgan fingerprint density at radius 3 is 0.696 bits per heavy atom. The largest absolute Gasteiger partial charge is 0.462 e. The first-order valence-corrected chi connectivity index (χ1v) is 35.8. The van der Waals surface area contributed by atoms with Crippen molar-refractivity contribution < 1.29 is 28.6 Å². The van der Waals surface area contributed by atoms with E-state index < -0.39 is 6.10 Å². The lowest BCUT2D eigenvalue weighted by Crippen LogP contribution is -2.30. The molecule has 0 N–H and O–H groups in total. The fourth-order valence-corrected chi connectivity index (χ4v) is 11.1. The first-order valence-electron chi connectivity index (χ1n) is 35.8. The summed E-state index contributed by atoms with van der Waals surface area (Å²) in [5, 5.41) is 0.